The lowest BCUT2D eigenvalue weighted by Gasteiger charge is -2.63. The highest BCUT2D eigenvalue weighted by molar-refractivity contribution is 5.75. The second kappa shape index (κ2) is 4.65. The van der Waals surface area contributed by atoms with Gasteiger partial charge in [-0.05, 0) is 18.8 Å². The van der Waals surface area contributed by atoms with Crippen LogP contribution in [0.25, 0.3) is 0 Å². The molecule has 1 aliphatic carbocycles. The summed E-state index contributed by atoms with van der Waals surface area (Å²) >= 11 is 0. The molecule has 3 N–H and O–H groups in total. The Hall–Kier alpha value is -0.770. The zero-order valence-electron chi connectivity index (χ0n) is 13.0. The number of likely N-dealkylation sites (tertiary alicyclic amines) is 1. The lowest BCUT2D eigenvalue weighted by molar-refractivity contribution is -0.0665. The van der Waals surface area contributed by atoms with E-state index in [4.69, 9.17) is 5.73 Å². The van der Waals surface area contributed by atoms with Crippen molar-refractivity contribution >= 4 is 6.03 Å². The van der Waals surface area contributed by atoms with E-state index in [9.17, 15) is 4.79 Å². The van der Waals surface area contributed by atoms with Crippen molar-refractivity contribution in [1.82, 2.24) is 10.2 Å². The van der Waals surface area contributed by atoms with Gasteiger partial charge in [-0.2, -0.15) is 0 Å². The van der Waals surface area contributed by atoms with E-state index in [2.05, 4.69) is 39.9 Å². The minimum atomic E-state index is -0.0256. The van der Waals surface area contributed by atoms with Crippen LogP contribution >= 0.6 is 0 Å². The molecule has 110 valence electrons. The van der Waals surface area contributed by atoms with Crippen molar-refractivity contribution in [1.29, 1.82) is 0 Å². The van der Waals surface area contributed by atoms with Gasteiger partial charge in [0.25, 0.3) is 0 Å². The van der Waals surface area contributed by atoms with Gasteiger partial charge in [0, 0.05) is 36.0 Å². The van der Waals surface area contributed by atoms with Crippen LogP contribution in [0.3, 0.4) is 0 Å². The van der Waals surface area contributed by atoms with Crippen LogP contribution in [0.2, 0.25) is 0 Å². The third-order valence-corrected chi connectivity index (χ3v) is 5.43. The third kappa shape index (κ3) is 2.35. The summed E-state index contributed by atoms with van der Waals surface area (Å²) in [7, 11) is 0. The van der Waals surface area contributed by atoms with E-state index < -0.39 is 0 Å². The first-order valence-electron chi connectivity index (χ1n) is 7.48. The summed E-state index contributed by atoms with van der Waals surface area (Å²) in [4.78, 5) is 14.3. The number of hydrogen-bond donors (Lipinski definition) is 2. The van der Waals surface area contributed by atoms with Gasteiger partial charge in [-0.15, -0.1) is 0 Å². The molecule has 19 heavy (non-hydrogen) atoms. The number of nitrogens with zero attached hydrogens (tertiary/aromatic N) is 1. The molecule has 1 heterocycles. The van der Waals surface area contributed by atoms with Crippen LogP contribution in [0.1, 0.15) is 47.5 Å². The van der Waals surface area contributed by atoms with Crippen LogP contribution in [0.5, 0.6) is 0 Å². The molecule has 2 amide bonds. The molecule has 4 nitrogen and oxygen atoms in total. The second-order valence-electron chi connectivity index (χ2n) is 7.67. The summed E-state index contributed by atoms with van der Waals surface area (Å²) < 4.78 is 0. The molecule has 0 aromatic carbocycles. The first kappa shape index (κ1) is 14.6. The lowest BCUT2D eigenvalue weighted by Crippen LogP contribution is -2.76. The fourth-order valence-corrected chi connectivity index (χ4v) is 3.98. The topological polar surface area (TPSA) is 58.4 Å². The normalized spacial score (nSPS) is 33.7. The minimum Gasteiger partial charge on any atom is -0.334 e. The first-order chi connectivity index (χ1) is 8.67. The average molecular weight is 267 g/mol. The summed E-state index contributed by atoms with van der Waals surface area (Å²) in [6.07, 6.45) is 2.23. The van der Waals surface area contributed by atoms with Crippen molar-refractivity contribution in [2.75, 3.05) is 13.1 Å². The number of urea groups is 1. The van der Waals surface area contributed by atoms with E-state index in [0.29, 0.717) is 0 Å². The molecule has 4 heteroatoms. The molecule has 0 spiro atoms. The van der Waals surface area contributed by atoms with Crippen molar-refractivity contribution in [2.24, 2.45) is 22.5 Å². The van der Waals surface area contributed by atoms with Crippen LogP contribution < -0.4 is 11.1 Å². The molecular formula is C15H29N3O. The zero-order chi connectivity index (χ0) is 14.4. The van der Waals surface area contributed by atoms with Gasteiger partial charge in [0.1, 0.15) is 0 Å². The number of carbonyl (C=O) groups is 1. The molecule has 0 aromatic rings. The van der Waals surface area contributed by atoms with E-state index in [1.54, 1.807) is 0 Å². The van der Waals surface area contributed by atoms with Gasteiger partial charge in [-0.3, -0.25) is 0 Å². The van der Waals surface area contributed by atoms with E-state index in [0.717, 1.165) is 31.8 Å². The first-order valence-corrected chi connectivity index (χ1v) is 7.48. The van der Waals surface area contributed by atoms with Gasteiger partial charge < -0.3 is 16.0 Å². The predicted molar refractivity (Wildman–Crippen MR) is 77.8 cm³/mol. The number of amides is 2. The number of piperidine rings is 1. The van der Waals surface area contributed by atoms with E-state index >= 15 is 0 Å². The minimum absolute atomic E-state index is 0.0256. The van der Waals surface area contributed by atoms with Crippen LogP contribution in [-0.2, 0) is 0 Å². The summed E-state index contributed by atoms with van der Waals surface area (Å²) in [5.74, 6) is 0.744. The van der Waals surface area contributed by atoms with Crippen molar-refractivity contribution in [3.05, 3.63) is 0 Å². The second-order valence-corrected chi connectivity index (χ2v) is 7.67. The largest absolute Gasteiger partial charge is 0.334 e. The third-order valence-electron chi connectivity index (χ3n) is 5.43. The molecule has 0 radical (unpaired) electrons. The molecule has 0 atom stereocenters. The van der Waals surface area contributed by atoms with E-state index in [1.165, 1.54) is 0 Å². The molecule has 1 aliphatic heterocycles. The van der Waals surface area contributed by atoms with Gasteiger partial charge in [0.05, 0.1) is 0 Å². The number of rotatable bonds is 1. The van der Waals surface area contributed by atoms with E-state index in [1.807, 2.05) is 4.90 Å². The van der Waals surface area contributed by atoms with Gasteiger partial charge in [0.2, 0.25) is 0 Å². The molecule has 1 saturated heterocycles. The summed E-state index contributed by atoms with van der Waals surface area (Å²) in [5.41, 5.74) is 6.18. The quantitative estimate of drug-likeness (QED) is 0.765. The van der Waals surface area contributed by atoms with Crippen LogP contribution in [0.15, 0.2) is 0 Å². The summed E-state index contributed by atoms with van der Waals surface area (Å²) in [6, 6.07) is 0.374. The molecule has 0 unspecified atom stereocenters. The number of nitrogens with two attached hydrogens (primary N) is 1. The van der Waals surface area contributed by atoms with E-state index in [-0.39, 0.29) is 28.9 Å². The van der Waals surface area contributed by atoms with Crippen molar-refractivity contribution in [3.8, 4) is 0 Å². The highest BCUT2D eigenvalue weighted by Gasteiger charge is 2.60. The van der Waals surface area contributed by atoms with Crippen molar-refractivity contribution in [3.63, 3.8) is 0 Å². The maximum absolute atomic E-state index is 12.4. The number of hydrogen-bond acceptors (Lipinski definition) is 2. The number of nitrogens with one attached hydrogen (secondary N) is 1. The van der Waals surface area contributed by atoms with Crippen LogP contribution in [-0.4, -0.2) is 36.1 Å². The molecule has 1 saturated carbocycles. The highest BCUT2D eigenvalue weighted by atomic mass is 16.2. The Kier molecular flexibility index (Phi) is 3.58. The van der Waals surface area contributed by atoms with Gasteiger partial charge in [-0.25, -0.2) is 4.79 Å². The summed E-state index contributed by atoms with van der Waals surface area (Å²) in [6.45, 7) is 12.6. The van der Waals surface area contributed by atoms with Crippen LogP contribution in [0, 0.1) is 16.7 Å². The average Bonchev–Trinajstić information content (AvgIpc) is 2.35. The molecule has 2 rings (SSSR count). The Morgan fingerprint density at radius 1 is 1.16 bits per heavy atom. The number of carbonyl (C=O) groups excluding carboxylic acids is 1. The highest BCUT2D eigenvalue weighted by Crippen LogP contribution is 2.52. The Balaban J connectivity index is 1.96. The van der Waals surface area contributed by atoms with Crippen LogP contribution in [0.4, 0.5) is 4.79 Å². The predicted octanol–water partition coefficient (Wildman–Crippen LogP) is 2.19. The maximum atomic E-state index is 12.4. The maximum Gasteiger partial charge on any atom is 0.317 e. The van der Waals surface area contributed by atoms with Crippen molar-refractivity contribution in [2.45, 2.75) is 59.5 Å². The lowest BCUT2D eigenvalue weighted by atomic mass is 9.48. The molecule has 2 fully saturated rings. The molecular weight excluding hydrogens is 238 g/mol. The monoisotopic (exact) mass is 267 g/mol. The molecule has 0 aromatic heterocycles. The van der Waals surface area contributed by atoms with Gasteiger partial charge in [-0.1, -0.05) is 34.6 Å². The van der Waals surface area contributed by atoms with Crippen molar-refractivity contribution < 1.29 is 4.79 Å². The SMILES string of the molecule is CC1CCN(C(=O)NC2C(C)(C)C(N)C2(C)C)CC1. The zero-order valence-corrected chi connectivity index (χ0v) is 13.0. The summed E-state index contributed by atoms with van der Waals surface area (Å²) in [5, 5.41) is 3.22. The smallest absolute Gasteiger partial charge is 0.317 e. The Labute approximate surface area is 117 Å². The Morgan fingerprint density at radius 2 is 1.63 bits per heavy atom. The standard InChI is InChI=1S/C15H29N3O/c1-10-6-8-18(9-7-10)13(19)17-12-14(2,3)11(16)15(12,4)5/h10-12H,6-9,16H2,1-5H3,(H,17,19). The fraction of sp³-hybridized carbons (Fsp3) is 0.933. The molecule has 0 bridgehead atoms. The van der Waals surface area contributed by atoms with Gasteiger partial charge >= 0.3 is 6.03 Å². The fourth-order valence-electron chi connectivity index (χ4n) is 3.98. The Morgan fingerprint density at radius 3 is 2.11 bits per heavy atom. The van der Waals surface area contributed by atoms with Gasteiger partial charge in [0.15, 0.2) is 0 Å². The Bertz CT molecular complexity index is 340. The molecule has 2 aliphatic rings.